The summed E-state index contributed by atoms with van der Waals surface area (Å²) >= 11 is 1.82. The van der Waals surface area contributed by atoms with Crippen molar-refractivity contribution in [3.05, 3.63) is 48.0 Å². The molecule has 1 aliphatic carbocycles. The Balaban J connectivity index is 1.72. The van der Waals surface area contributed by atoms with E-state index in [4.69, 9.17) is 0 Å². The molecule has 0 saturated heterocycles. The van der Waals surface area contributed by atoms with Gasteiger partial charge in [0.15, 0.2) is 5.65 Å². The zero-order chi connectivity index (χ0) is 13.4. The molecule has 2 heterocycles. The van der Waals surface area contributed by atoms with Gasteiger partial charge in [-0.1, -0.05) is 36.0 Å². The third kappa shape index (κ3) is 1.98. The summed E-state index contributed by atoms with van der Waals surface area (Å²) in [5, 5.41) is 1.47. The average molecular weight is 282 g/mol. The van der Waals surface area contributed by atoms with E-state index < -0.39 is 0 Å². The van der Waals surface area contributed by atoms with Gasteiger partial charge in [0.1, 0.15) is 16.9 Å². The second-order valence-electron chi connectivity index (χ2n) is 4.98. The molecular formula is C15H14N4S. The number of hydrogen-bond acceptors (Lipinski definition) is 4. The van der Waals surface area contributed by atoms with E-state index in [2.05, 4.69) is 44.2 Å². The minimum atomic E-state index is 0.473. The first-order valence-corrected chi connectivity index (χ1v) is 7.68. The van der Waals surface area contributed by atoms with Crippen molar-refractivity contribution in [2.75, 3.05) is 0 Å². The summed E-state index contributed by atoms with van der Waals surface area (Å²) in [6, 6.07) is 8.75. The standard InChI is InChI=1S/C15H14N4S/c1-2-6-11-10(4-1)5-3-7-12(11)20-15-13-14(17-8-16-13)18-9-19-15/h1-2,4,6,8-9,12H,3,5,7H2,(H,16,17,18,19). The number of benzene rings is 1. The number of aromatic nitrogens is 4. The van der Waals surface area contributed by atoms with Gasteiger partial charge in [0.25, 0.3) is 0 Å². The highest BCUT2D eigenvalue weighted by molar-refractivity contribution is 7.99. The van der Waals surface area contributed by atoms with Crippen molar-refractivity contribution in [2.24, 2.45) is 0 Å². The van der Waals surface area contributed by atoms with Crippen LogP contribution in [-0.4, -0.2) is 19.9 Å². The molecule has 1 aliphatic rings. The predicted molar refractivity (Wildman–Crippen MR) is 79.7 cm³/mol. The number of nitrogens with one attached hydrogen (secondary N) is 1. The van der Waals surface area contributed by atoms with Crippen LogP contribution in [0.3, 0.4) is 0 Å². The Bertz CT molecular complexity index is 752. The molecule has 0 fully saturated rings. The summed E-state index contributed by atoms with van der Waals surface area (Å²) < 4.78 is 0. The van der Waals surface area contributed by atoms with Crippen molar-refractivity contribution < 1.29 is 0 Å². The molecule has 1 unspecified atom stereocenters. The van der Waals surface area contributed by atoms with Crippen LogP contribution in [0.2, 0.25) is 0 Å². The SMILES string of the molecule is c1ccc2c(c1)CCCC2Sc1ncnc2nc[nH]c12. The van der Waals surface area contributed by atoms with Crippen molar-refractivity contribution in [1.29, 1.82) is 0 Å². The molecule has 20 heavy (non-hydrogen) atoms. The van der Waals surface area contributed by atoms with E-state index in [1.807, 2.05) is 11.8 Å². The van der Waals surface area contributed by atoms with Crippen molar-refractivity contribution in [3.8, 4) is 0 Å². The lowest BCUT2D eigenvalue weighted by Gasteiger charge is -2.24. The van der Waals surface area contributed by atoms with E-state index in [9.17, 15) is 0 Å². The Hall–Kier alpha value is -1.88. The second-order valence-corrected chi connectivity index (χ2v) is 6.17. The first-order chi connectivity index (χ1) is 9.92. The topological polar surface area (TPSA) is 54.5 Å². The quantitative estimate of drug-likeness (QED) is 0.731. The fraction of sp³-hybridized carbons (Fsp3) is 0.267. The molecule has 0 radical (unpaired) electrons. The third-order valence-corrected chi connectivity index (χ3v) is 5.06. The number of imidazole rings is 1. The summed E-state index contributed by atoms with van der Waals surface area (Å²) in [4.78, 5) is 15.9. The van der Waals surface area contributed by atoms with E-state index in [-0.39, 0.29) is 0 Å². The van der Waals surface area contributed by atoms with Crippen LogP contribution in [0.25, 0.3) is 11.2 Å². The summed E-state index contributed by atoms with van der Waals surface area (Å²) in [5.74, 6) is 0. The van der Waals surface area contributed by atoms with E-state index in [0.29, 0.717) is 5.25 Å². The maximum Gasteiger partial charge on any atom is 0.181 e. The largest absolute Gasteiger partial charge is 0.341 e. The minimum Gasteiger partial charge on any atom is -0.341 e. The molecule has 1 N–H and O–H groups in total. The highest BCUT2D eigenvalue weighted by Gasteiger charge is 2.22. The summed E-state index contributed by atoms with van der Waals surface area (Å²) in [6.07, 6.45) is 6.90. The molecule has 4 nitrogen and oxygen atoms in total. The summed E-state index contributed by atoms with van der Waals surface area (Å²) in [5.41, 5.74) is 4.62. The molecule has 0 aliphatic heterocycles. The predicted octanol–water partition coefficient (Wildman–Crippen LogP) is 3.52. The number of nitrogens with zero attached hydrogens (tertiary/aromatic N) is 3. The van der Waals surface area contributed by atoms with Gasteiger partial charge < -0.3 is 4.98 Å². The van der Waals surface area contributed by atoms with Crippen LogP contribution >= 0.6 is 11.8 Å². The fourth-order valence-electron chi connectivity index (χ4n) is 2.80. The van der Waals surface area contributed by atoms with Gasteiger partial charge in [0.05, 0.1) is 6.33 Å². The van der Waals surface area contributed by atoms with Crippen molar-refractivity contribution >= 4 is 22.9 Å². The normalized spacial score (nSPS) is 18.1. The van der Waals surface area contributed by atoms with Crippen LogP contribution in [0.5, 0.6) is 0 Å². The van der Waals surface area contributed by atoms with Crippen LogP contribution < -0.4 is 0 Å². The molecule has 0 spiro atoms. The molecular weight excluding hydrogens is 268 g/mol. The molecule has 0 amide bonds. The van der Waals surface area contributed by atoms with E-state index in [1.165, 1.54) is 30.4 Å². The minimum absolute atomic E-state index is 0.473. The van der Waals surface area contributed by atoms with Gasteiger partial charge in [-0.15, -0.1) is 0 Å². The maximum atomic E-state index is 4.43. The van der Waals surface area contributed by atoms with Gasteiger partial charge in [-0.25, -0.2) is 15.0 Å². The lowest BCUT2D eigenvalue weighted by Crippen LogP contribution is -2.07. The monoisotopic (exact) mass is 282 g/mol. The molecule has 0 saturated carbocycles. The van der Waals surface area contributed by atoms with Crippen LogP contribution in [0, 0.1) is 0 Å². The first-order valence-electron chi connectivity index (χ1n) is 6.80. The Morgan fingerprint density at radius 2 is 2.10 bits per heavy atom. The lowest BCUT2D eigenvalue weighted by atomic mass is 9.91. The van der Waals surface area contributed by atoms with Gasteiger partial charge >= 0.3 is 0 Å². The number of hydrogen-bond donors (Lipinski definition) is 1. The van der Waals surface area contributed by atoms with Crippen LogP contribution in [0.15, 0.2) is 41.9 Å². The lowest BCUT2D eigenvalue weighted by molar-refractivity contribution is 0.673. The zero-order valence-electron chi connectivity index (χ0n) is 10.9. The van der Waals surface area contributed by atoms with Gasteiger partial charge in [0, 0.05) is 5.25 Å². The van der Waals surface area contributed by atoms with Crippen molar-refractivity contribution in [2.45, 2.75) is 29.5 Å². The Morgan fingerprint density at radius 3 is 3.10 bits per heavy atom. The highest BCUT2D eigenvalue weighted by atomic mass is 32.2. The average Bonchev–Trinajstić information content (AvgIpc) is 2.97. The molecule has 2 aromatic heterocycles. The van der Waals surface area contributed by atoms with Gasteiger partial charge in [-0.3, -0.25) is 0 Å². The van der Waals surface area contributed by atoms with E-state index >= 15 is 0 Å². The summed E-state index contributed by atoms with van der Waals surface area (Å²) in [6.45, 7) is 0. The number of thioether (sulfide) groups is 1. The summed E-state index contributed by atoms with van der Waals surface area (Å²) in [7, 11) is 0. The molecule has 1 aromatic carbocycles. The van der Waals surface area contributed by atoms with Gasteiger partial charge in [-0.2, -0.15) is 0 Å². The Morgan fingerprint density at radius 1 is 1.15 bits per heavy atom. The zero-order valence-corrected chi connectivity index (χ0v) is 11.7. The first kappa shape index (κ1) is 11.9. The number of fused-ring (bicyclic) bond motifs is 2. The molecule has 4 rings (SSSR count). The fourth-order valence-corrected chi connectivity index (χ4v) is 4.09. The van der Waals surface area contributed by atoms with Gasteiger partial charge in [0.2, 0.25) is 0 Å². The van der Waals surface area contributed by atoms with Gasteiger partial charge in [-0.05, 0) is 30.4 Å². The molecule has 1 atom stereocenters. The Labute approximate surface area is 121 Å². The number of aromatic amines is 1. The molecule has 100 valence electrons. The second kappa shape index (κ2) is 4.90. The number of aryl methyl sites for hydroxylation is 1. The molecule has 3 aromatic rings. The molecule has 0 bridgehead atoms. The van der Waals surface area contributed by atoms with Crippen LogP contribution in [-0.2, 0) is 6.42 Å². The van der Waals surface area contributed by atoms with E-state index in [1.54, 1.807) is 12.7 Å². The smallest absolute Gasteiger partial charge is 0.181 e. The maximum absolute atomic E-state index is 4.43. The molecule has 5 heteroatoms. The van der Waals surface area contributed by atoms with Crippen molar-refractivity contribution in [1.82, 2.24) is 19.9 Å². The van der Waals surface area contributed by atoms with E-state index in [0.717, 1.165) is 16.2 Å². The number of H-pyrrole nitrogens is 1. The third-order valence-electron chi connectivity index (χ3n) is 3.76. The van der Waals surface area contributed by atoms with Crippen LogP contribution in [0.1, 0.15) is 29.2 Å². The van der Waals surface area contributed by atoms with Crippen molar-refractivity contribution in [3.63, 3.8) is 0 Å². The number of rotatable bonds is 2. The van der Waals surface area contributed by atoms with Crippen LogP contribution in [0.4, 0.5) is 0 Å². The highest BCUT2D eigenvalue weighted by Crippen LogP contribution is 2.43. The Kier molecular flexibility index (Phi) is 2.92.